The number of β-amino-alcohol motifs (C(OH)–C–C–N with tert-alkyl or cyclic N) is 1. The first kappa shape index (κ1) is 15.9. The molecule has 0 aromatic carbocycles. The largest absolute Gasteiger partial charge is 0.480 e. The van der Waals surface area contributed by atoms with Gasteiger partial charge in [-0.2, -0.15) is 0 Å². The van der Waals surface area contributed by atoms with Crippen molar-refractivity contribution in [3.8, 4) is 0 Å². The molecule has 1 aromatic rings. The van der Waals surface area contributed by atoms with Crippen molar-refractivity contribution < 1.29 is 19.8 Å². The van der Waals surface area contributed by atoms with Crippen LogP contribution in [0, 0.1) is 0 Å². The maximum Gasteiger partial charge on any atom is 0.317 e. The van der Waals surface area contributed by atoms with Crippen molar-refractivity contribution in [1.29, 1.82) is 0 Å². The Hall–Kier alpha value is -1.44. The van der Waals surface area contributed by atoms with Crippen molar-refractivity contribution in [3.63, 3.8) is 0 Å². The van der Waals surface area contributed by atoms with Crippen molar-refractivity contribution in [2.45, 2.75) is 25.5 Å². The van der Waals surface area contributed by atoms with Gasteiger partial charge in [-0.1, -0.05) is 6.92 Å². The second kappa shape index (κ2) is 6.55. The number of hydrogen-bond donors (Lipinski definition) is 2. The van der Waals surface area contributed by atoms with Crippen LogP contribution in [0.15, 0.2) is 11.4 Å². The minimum atomic E-state index is -0.944. The number of carbonyl (C=O) groups excluding carboxylic acids is 1. The highest BCUT2D eigenvalue weighted by Crippen LogP contribution is 2.23. The summed E-state index contributed by atoms with van der Waals surface area (Å²) < 4.78 is 0. The molecule has 0 saturated carbocycles. The number of carboxylic acid groups (broad SMARTS) is 1. The van der Waals surface area contributed by atoms with Gasteiger partial charge in [-0.15, -0.1) is 11.3 Å². The van der Waals surface area contributed by atoms with Gasteiger partial charge in [0.2, 0.25) is 0 Å². The van der Waals surface area contributed by atoms with Crippen LogP contribution >= 0.6 is 11.3 Å². The highest BCUT2D eigenvalue weighted by atomic mass is 32.1. The number of likely N-dealkylation sites (N-methyl/N-ethyl adjacent to an activating group) is 1. The number of aliphatic hydroxyl groups excluding tert-OH is 1. The Morgan fingerprint density at radius 2 is 2.19 bits per heavy atom. The van der Waals surface area contributed by atoms with E-state index in [1.807, 2.05) is 18.4 Å². The van der Waals surface area contributed by atoms with Crippen molar-refractivity contribution in [3.05, 3.63) is 21.9 Å². The summed E-state index contributed by atoms with van der Waals surface area (Å²) in [6.07, 6.45) is 0.0758. The van der Waals surface area contributed by atoms with E-state index in [2.05, 4.69) is 0 Å². The Bertz CT molecular complexity index is 531. The fourth-order valence-corrected chi connectivity index (χ4v) is 3.61. The van der Waals surface area contributed by atoms with Crippen molar-refractivity contribution >= 4 is 23.2 Å². The quantitative estimate of drug-likeness (QED) is 0.828. The Kier molecular flexibility index (Phi) is 4.97. The zero-order chi connectivity index (χ0) is 15.6. The van der Waals surface area contributed by atoms with E-state index in [1.165, 1.54) is 11.3 Å². The summed E-state index contributed by atoms with van der Waals surface area (Å²) >= 11 is 1.41. The first-order valence-corrected chi connectivity index (χ1v) is 7.77. The predicted octanol–water partition coefficient (Wildman–Crippen LogP) is 0.512. The summed E-state index contributed by atoms with van der Waals surface area (Å²) in [6.45, 7) is 2.45. The van der Waals surface area contributed by atoms with Crippen LogP contribution in [0.5, 0.6) is 0 Å². The molecule has 7 heteroatoms. The lowest BCUT2D eigenvalue weighted by atomic mass is 10.2. The van der Waals surface area contributed by atoms with Gasteiger partial charge in [0.05, 0.1) is 23.6 Å². The van der Waals surface area contributed by atoms with Crippen LogP contribution in [0.4, 0.5) is 0 Å². The number of aryl methyl sites for hydroxylation is 1. The Morgan fingerprint density at radius 3 is 2.81 bits per heavy atom. The third-order valence-corrected chi connectivity index (χ3v) is 4.76. The number of carbonyl (C=O) groups is 2. The highest BCUT2D eigenvalue weighted by molar-refractivity contribution is 7.12. The van der Waals surface area contributed by atoms with Gasteiger partial charge in [0.25, 0.3) is 5.91 Å². The molecule has 1 saturated heterocycles. The molecule has 1 aliphatic rings. The smallest absolute Gasteiger partial charge is 0.317 e. The summed E-state index contributed by atoms with van der Waals surface area (Å²) in [4.78, 5) is 27.2. The topological polar surface area (TPSA) is 81.1 Å². The number of amides is 1. The summed E-state index contributed by atoms with van der Waals surface area (Å²) in [6, 6.07) is 1.61. The van der Waals surface area contributed by atoms with Crippen LogP contribution in [0.3, 0.4) is 0 Å². The summed E-state index contributed by atoms with van der Waals surface area (Å²) in [7, 11) is 1.65. The van der Waals surface area contributed by atoms with Gasteiger partial charge in [-0.3, -0.25) is 14.5 Å². The van der Waals surface area contributed by atoms with Crippen LogP contribution in [0.1, 0.15) is 22.2 Å². The molecule has 2 N–H and O–H groups in total. The fourth-order valence-electron chi connectivity index (χ4n) is 2.64. The SMILES string of the molecule is CCc1ccsc1C(=O)N1C[C@@H](O)[C@@H](N(C)CC(=O)O)C1. The molecule has 0 unspecified atom stereocenters. The van der Waals surface area contributed by atoms with E-state index in [0.717, 1.165) is 12.0 Å². The summed E-state index contributed by atoms with van der Waals surface area (Å²) in [5.41, 5.74) is 1.02. The number of aliphatic hydroxyl groups is 1. The molecule has 2 heterocycles. The number of thiophene rings is 1. The second-order valence-corrected chi connectivity index (χ2v) is 6.20. The molecular formula is C14H20N2O4S. The van der Waals surface area contributed by atoms with Gasteiger partial charge < -0.3 is 15.1 Å². The molecule has 1 amide bonds. The summed E-state index contributed by atoms with van der Waals surface area (Å²) in [5.74, 6) is -1.02. The third kappa shape index (κ3) is 3.42. The summed E-state index contributed by atoms with van der Waals surface area (Å²) in [5, 5.41) is 20.8. The van der Waals surface area contributed by atoms with Gasteiger partial charge in [-0.05, 0) is 30.5 Å². The van der Waals surface area contributed by atoms with Crippen molar-refractivity contribution in [1.82, 2.24) is 9.80 Å². The zero-order valence-corrected chi connectivity index (χ0v) is 13.0. The average Bonchev–Trinajstić information content (AvgIpc) is 3.02. The number of rotatable bonds is 5. The highest BCUT2D eigenvalue weighted by Gasteiger charge is 2.37. The fraction of sp³-hybridized carbons (Fsp3) is 0.571. The maximum atomic E-state index is 12.5. The Balaban J connectivity index is 2.06. The normalized spacial score (nSPS) is 22.0. The molecule has 116 valence electrons. The number of carboxylic acids is 1. The monoisotopic (exact) mass is 312 g/mol. The molecule has 0 spiro atoms. The number of hydrogen-bond acceptors (Lipinski definition) is 5. The standard InChI is InChI=1S/C14H20N2O4S/c1-3-9-4-5-21-13(9)14(20)16-6-10(11(17)7-16)15(2)8-12(18)19/h4-5,10-11,17H,3,6-8H2,1-2H3,(H,18,19)/t10-,11+/m0/s1. The van der Waals surface area contributed by atoms with E-state index in [4.69, 9.17) is 5.11 Å². The van der Waals surface area contributed by atoms with Crippen LogP contribution < -0.4 is 0 Å². The second-order valence-electron chi connectivity index (χ2n) is 5.28. The molecule has 1 aliphatic heterocycles. The van der Waals surface area contributed by atoms with E-state index < -0.39 is 12.1 Å². The molecule has 2 atom stereocenters. The number of aliphatic carboxylic acids is 1. The van der Waals surface area contributed by atoms with Crippen molar-refractivity contribution in [2.24, 2.45) is 0 Å². The molecule has 6 nitrogen and oxygen atoms in total. The number of nitrogens with zero attached hydrogens (tertiary/aromatic N) is 2. The van der Waals surface area contributed by atoms with Gasteiger partial charge in [-0.25, -0.2) is 0 Å². The molecule has 0 radical (unpaired) electrons. The van der Waals surface area contributed by atoms with E-state index in [1.54, 1.807) is 16.8 Å². The Morgan fingerprint density at radius 1 is 1.48 bits per heavy atom. The molecule has 2 rings (SSSR count). The van der Waals surface area contributed by atoms with E-state index in [9.17, 15) is 14.7 Å². The van der Waals surface area contributed by atoms with Crippen LogP contribution in [-0.4, -0.2) is 70.7 Å². The first-order valence-electron chi connectivity index (χ1n) is 6.89. The van der Waals surface area contributed by atoms with Gasteiger partial charge in [0, 0.05) is 13.1 Å². The van der Waals surface area contributed by atoms with Crippen LogP contribution in [-0.2, 0) is 11.2 Å². The van der Waals surface area contributed by atoms with E-state index >= 15 is 0 Å². The molecular weight excluding hydrogens is 292 g/mol. The average molecular weight is 312 g/mol. The molecule has 1 aromatic heterocycles. The first-order chi connectivity index (χ1) is 9.93. The predicted molar refractivity (Wildman–Crippen MR) is 79.7 cm³/mol. The van der Waals surface area contributed by atoms with Gasteiger partial charge in [0.15, 0.2) is 0 Å². The lowest BCUT2D eigenvalue weighted by Gasteiger charge is -2.24. The lowest BCUT2D eigenvalue weighted by Crippen LogP contribution is -2.43. The Labute approximate surface area is 127 Å². The van der Waals surface area contributed by atoms with Gasteiger partial charge >= 0.3 is 5.97 Å². The molecule has 0 bridgehead atoms. The lowest BCUT2D eigenvalue weighted by molar-refractivity contribution is -0.138. The number of likely N-dealkylation sites (tertiary alicyclic amines) is 1. The van der Waals surface area contributed by atoms with E-state index in [0.29, 0.717) is 11.4 Å². The zero-order valence-electron chi connectivity index (χ0n) is 12.2. The van der Waals surface area contributed by atoms with Gasteiger partial charge in [0.1, 0.15) is 0 Å². The molecule has 21 heavy (non-hydrogen) atoms. The minimum absolute atomic E-state index is 0.0767. The van der Waals surface area contributed by atoms with Crippen LogP contribution in [0.25, 0.3) is 0 Å². The minimum Gasteiger partial charge on any atom is -0.480 e. The molecule has 0 aliphatic carbocycles. The van der Waals surface area contributed by atoms with E-state index in [-0.39, 0.29) is 25.0 Å². The van der Waals surface area contributed by atoms with Crippen molar-refractivity contribution in [2.75, 3.05) is 26.7 Å². The third-order valence-electron chi connectivity index (χ3n) is 3.82. The maximum absolute atomic E-state index is 12.5. The van der Waals surface area contributed by atoms with Crippen LogP contribution in [0.2, 0.25) is 0 Å². The molecule has 1 fully saturated rings.